The number of amides is 1. The van der Waals surface area contributed by atoms with E-state index in [1.807, 2.05) is 27.7 Å². The first-order valence-electron chi connectivity index (χ1n) is 6.98. The maximum atomic E-state index is 12.0. The van der Waals surface area contributed by atoms with E-state index in [0.717, 1.165) is 5.69 Å². The molecule has 114 valence electrons. The van der Waals surface area contributed by atoms with E-state index in [-0.39, 0.29) is 24.1 Å². The van der Waals surface area contributed by atoms with Crippen molar-refractivity contribution in [2.24, 2.45) is 5.92 Å². The van der Waals surface area contributed by atoms with Gasteiger partial charge in [-0.25, -0.2) is 0 Å². The molecule has 6 nitrogen and oxygen atoms in total. The molecule has 1 heterocycles. The molecule has 1 amide bonds. The van der Waals surface area contributed by atoms with Gasteiger partial charge in [-0.1, -0.05) is 27.7 Å². The van der Waals surface area contributed by atoms with Crippen LogP contribution in [-0.2, 0) is 0 Å². The van der Waals surface area contributed by atoms with Gasteiger partial charge in [-0.15, -0.1) is 0 Å². The van der Waals surface area contributed by atoms with Gasteiger partial charge < -0.3 is 16.2 Å². The highest BCUT2D eigenvalue weighted by molar-refractivity contribution is 5.97. The van der Waals surface area contributed by atoms with Crippen molar-refractivity contribution in [3.05, 3.63) is 11.4 Å². The molecule has 1 unspecified atom stereocenters. The molecule has 0 saturated carbocycles. The van der Waals surface area contributed by atoms with Crippen molar-refractivity contribution in [3.63, 3.8) is 0 Å². The molecule has 0 aliphatic carbocycles. The van der Waals surface area contributed by atoms with Crippen molar-refractivity contribution in [2.45, 2.75) is 52.6 Å². The number of hydrogen-bond donors (Lipinski definition) is 4. The Balaban J connectivity index is 2.68. The standard InChI is InChI=1S/C14H26N4O2/c1-8(2)6-14(5,20)7-16-13(19)12-10(15)11(9(3)4)17-18-12/h8-9,20H,6-7,15H2,1-5H3,(H,16,19)(H,17,18). The van der Waals surface area contributed by atoms with Gasteiger partial charge in [0.25, 0.3) is 5.91 Å². The lowest BCUT2D eigenvalue weighted by Gasteiger charge is -2.25. The normalized spacial score (nSPS) is 14.6. The van der Waals surface area contributed by atoms with Gasteiger partial charge in [-0.2, -0.15) is 5.10 Å². The SMILES string of the molecule is CC(C)CC(C)(O)CNC(=O)c1n[nH]c(C(C)C)c1N. The summed E-state index contributed by atoms with van der Waals surface area (Å²) in [6, 6.07) is 0. The van der Waals surface area contributed by atoms with Crippen molar-refractivity contribution < 1.29 is 9.90 Å². The van der Waals surface area contributed by atoms with Crippen LogP contribution in [0.4, 0.5) is 5.69 Å². The molecule has 1 aromatic heterocycles. The van der Waals surface area contributed by atoms with Crippen molar-refractivity contribution in [1.82, 2.24) is 15.5 Å². The average Bonchev–Trinajstić information content (AvgIpc) is 2.66. The molecule has 1 atom stereocenters. The van der Waals surface area contributed by atoms with Crippen LogP contribution in [0.3, 0.4) is 0 Å². The number of carbonyl (C=O) groups is 1. The predicted octanol–water partition coefficient (Wildman–Crippen LogP) is 1.64. The summed E-state index contributed by atoms with van der Waals surface area (Å²) < 4.78 is 0. The van der Waals surface area contributed by atoms with E-state index in [1.165, 1.54) is 0 Å². The molecule has 0 bridgehead atoms. The van der Waals surface area contributed by atoms with Gasteiger partial charge in [-0.05, 0) is 25.2 Å². The molecule has 1 rings (SSSR count). The van der Waals surface area contributed by atoms with Crippen LogP contribution in [0.25, 0.3) is 0 Å². The molecule has 0 saturated heterocycles. The number of aliphatic hydroxyl groups is 1. The molecule has 0 aromatic carbocycles. The first-order chi connectivity index (χ1) is 9.14. The summed E-state index contributed by atoms with van der Waals surface area (Å²) >= 11 is 0. The molecule has 5 N–H and O–H groups in total. The van der Waals surface area contributed by atoms with Gasteiger partial charge >= 0.3 is 0 Å². The van der Waals surface area contributed by atoms with Crippen molar-refractivity contribution in [2.75, 3.05) is 12.3 Å². The van der Waals surface area contributed by atoms with E-state index in [9.17, 15) is 9.90 Å². The van der Waals surface area contributed by atoms with Crippen LogP contribution in [0.15, 0.2) is 0 Å². The second-order valence-corrected chi connectivity index (χ2v) is 6.33. The molecule has 1 aromatic rings. The zero-order valence-electron chi connectivity index (χ0n) is 12.9. The van der Waals surface area contributed by atoms with Gasteiger partial charge in [0.1, 0.15) is 0 Å². The molecule has 0 aliphatic heterocycles. The fourth-order valence-corrected chi connectivity index (χ4v) is 2.28. The molecule has 20 heavy (non-hydrogen) atoms. The van der Waals surface area contributed by atoms with E-state index in [1.54, 1.807) is 6.92 Å². The zero-order chi connectivity index (χ0) is 15.5. The smallest absolute Gasteiger partial charge is 0.274 e. The number of aromatic amines is 1. The third-order valence-corrected chi connectivity index (χ3v) is 3.10. The van der Waals surface area contributed by atoms with Crippen LogP contribution >= 0.6 is 0 Å². The minimum absolute atomic E-state index is 0.174. The summed E-state index contributed by atoms with van der Waals surface area (Å²) in [5.74, 6) is 0.160. The highest BCUT2D eigenvalue weighted by atomic mass is 16.3. The second kappa shape index (κ2) is 6.26. The molecular weight excluding hydrogens is 256 g/mol. The topological polar surface area (TPSA) is 104 Å². The molecule has 6 heteroatoms. The maximum Gasteiger partial charge on any atom is 0.274 e. The summed E-state index contributed by atoms with van der Waals surface area (Å²) in [6.45, 7) is 9.87. The average molecular weight is 282 g/mol. The Morgan fingerprint density at radius 1 is 1.45 bits per heavy atom. The van der Waals surface area contributed by atoms with Gasteiger partial charge in [0.05, 0.1) is 17.0 Å². The summed E-state index contributed by atoms with van der Waals surface area (Å²) in [5.41, 5.74) is 6.29. The quantitative estimate of drug-likeness (QED) is 0.636. The van der Waals surface area contributed by atoms with E-state index >= 15 is 0 Å². The third kappa shape index (κ3) is 4.23. The first-order valence-corrected chi connectivity index (χ1v) is 6.98. The number of H-pyrrole nitrogens is 1. The fraction of sp³-hybridized carbons (Fsp3) is 0.714. The molecule has 0 aliphatic rings. The number of rotatable bonds is 6. The lowest BCUT2D eigenvalue weighted by molar-refractivity contribution is 0.0367. The van der Waals surface area contributed by atoms with Gasteiger partial charge in [0.15, 0.2) is 5.69 Å². The van der Waals surface area contributed by atoms with Crippen molar-refractivity contribution in [1.29, 1.82) is 0 Å². The van der Waals surface area contributed by atoms with Gasteiger partial charge in [0.2, 0.25) is 0 Å². The van der Waals surface area contributed by atoms with E-state index in [0.29, 0.717) is 18.0 Å². The van der Waals surface area contributed by atoms with Gasteiger partial charge in [0, 0.05) is 6.54 Å². The molecule has 0 spiro atoms. The van der Waals surface area contributed by atoms with E-state index < -0.39 is 5.60 Å². The Morgan fingerprint density at radius 2 is 2.05 bits per heavy atom. The number of aromatic nitrogens is 2. The predicted molar refractivity (Wildman–Crippen MR) is 79.5 cm³/mol. The van der Waals surface area contributed by atoms with Crippen molar-refractivity contribution >= 4 is 11.6 Å². The minimum atomic E-state index is -0.935. The van der Waals surface area contributed by atoms with Crippen molar-refractivity contribution in [3.8, 4) is 0 Å². The minimum Gasteiger partial charge on any atom is -0.395 e. The Labute approximate surface area is 120 Å². The summed E-state index contributed by atoms with van der Waals surface area (Å²) in [7, 11) is 0. The first kappa shape index (κ1) is 16.5. The van der Waals surface area contributed by atoms with Crippen LogP contribution in [0, 0.1) is 5.92 Å². The number of carbonyl (C=O) groups excluding carboxylic acids is 1. The molecule has 0 fully saturated rings. The number of nitrogens with zero attached hydrogens (tertiary/aromatic N) is 1. The summed E-state index contributed by atoms with van der Waals surface area (Å²) in [6.07, 6.45) is 0.612. The largest absolute Gasteiger partial charge is 0.395 e. The Kier molecular flexibility index (Phi) is 5.16. The Hall–Kier alpha value is -1.56. The van der Waals surface area contributed by atoms with E-state index in [2.05, 4.69) is 15.5 Å². The Morgan fingerprint density at radius 3 is 2.50 bits per heavy atom. The summed E-state index contributed by atoms with van der Waals surface area (Å²) in [5, 5.41) is 19.6. The number of nitrogen functional groups attached to an aromatic ring is 1. The number of nitrogens with two attached hydrogens (primary N) is 1. The number of hydrogen-bond acceptors (Lipinski definition) is 4. The monoisotopic (exact) mass is 282 g/mol. The molecule has 0 radical (unpaired) electrons. The zero-order valence-corrected chi connectivity index (χ0v) is 12.9. The number of anilines is 1. The molecular formula is C14H26N4O2. The highest BCUT2D eigenvalue weighted by Crippen LogP contribution is 2.22. The van der Waals surface area contributed by atoms with Crippen LogP contribution < -0.4 is 11.1 Å². The highest BCUT2D eigenvalue weighted by Gasteiger charge is 2.25. The maximum absolute atomic E-state index is 12.0. The lowest BCUT2D eigenvalue weighted by atomic mass is 9.94. The van der Waals surface area contributed by atoms with Crippen LogP contribution in [0.2, 0.25) is 0 Å². The van der Waals surface area contributed by atoms with E-state index in [4.69, 9.17) is 5.73 Å². The van der Waals surface area contributed by atoms with Gasteiger partial charge in [-0.3, -0.25) is 9.89 Å². The lowest BCUT2D eigenvalue weighted by Crippen LogP contribution is -2.41. The third-order valence-electron chi connectivity index (χ3n) is 3.10. The second-order valence-electron chi connectivity index (χ2n) is 6.33. The van der Waals surface area contributed by atoms with Crippen LogP contribution in [0.1, 0.15) is 63.1 Å². The Bertz CT molecular complexity index is 464. The van der Waals surface area contributed by atoms with Crippen LogP contribution in [-0.4, -0.2) is 33.4 Å². The van der Waals surface area contributed by atoms with Crippen LogP contribution in [0.5, 0.6) is 0 Å². The summed E-state index contributed by atoms with van der Waals surface area (Å²) in [4.78, 5) is 12.0. The number of nitrogens with one attached hydrogen (secondary N) is 2. The fourth-order valence-electron chi connectivity index (χ4n) is 2.28.